The minimum absolute atomic E-state index is 0.0419. The van der Waals surface area contributed by atoms with Gasteiger partial charge in [-0.15, -0.1) is 0 Å². The van der Waals surface area contributed by atoms with Gasteiger partial charge in [-0.3, -0.25) is 14.5 Å². The number of benzene rings is 1. The number of nitrogens with one attached hydrogen (secondary N) is 3. The van der Waals surface area contributed by atoms with Crippen LogP contribution in [0, 0.1) is 6.92 Å². The van der Waals surface area contributed by atoms with Crippen molar-refractivity contribution in [1.82, 2.24) is 20.1 Å². The molecule has 0 radical (unpaired) electrons. The van der Waals surface area contributed by atoms with Crippen LogP contribution in [0.25, 0.3) is 10.9 Å². The van der Waals surface area contributed by atoms with Crippen LogP contribution in [0.2, 0.25) is 0 Å². The van der Waals surface area contributed by atoms with Crippen molar-refractivity contribution in [2.75, 3.05) is 46.1 Å². The van der Waals surface area contributed by atoms with Crippen molar-refractivity contribution in [2.45, 2.75) is 25.8 Å². The molecule has 0 spiro atoms. The number of carboxylic acid groups (broad SMARTS) is 1. The van der Waals surface area contributed by atoms with Gasteiger partial charge in [-0.2, -0.15) is 0 Å². The number of aryl methyl sites for hydroxylation is 1. The summed E-state index contributed by atoms with van der Waals surface area (Å²) in [6.07, 6.45) is 5.98. The zero-order valence-corrected chi connectivity index (χ0v) is 21.4. The number of aromatic amines is 1. The molecule has 1 aliphatic heterocycles. The lowest BCUT2D eigenvalue weighted by Crippen LogP contribution is -2.42. The molecule has 9 nitrogen and oxygen atoms in total. The first-order chi connectivity index (χ1) is 17.1. The van der Waals surface area contributed by atoms with Crippen LogP contribution in [-0.2, 0) is 4.79 Å². The fourth-order valence-corrected chi connectivity index (χ4v) is 4.52. The number of fused-ring (bicyclic) bond motifs is 1. The Morgan fingerprint density at radius 3 is 2.56 bits per heavy atom. The molecule has 1 aromatic carbocycles. The van der Waals surface area contributed by atoms with E-state index in [4.69, 9.17) is 0 Å². The van der Waals surface area contributed by atoms with Crippen molar-refractivity contribution in [3.05, 3.63) is 75.8 Å². The lowest BCUT2D eigenvalue weighted by Gasteiger charge is -2.35. The van der Waals surface area contributed by atoms with Crippen LogP contribution >= 0.6 is 0 Å². The number of aromatic nitrogens is 1. The molecule has 1 aliphatic rings. The average molecular weight is 494 g/mol. The van der Waals surface area contributed by atoms with Gasteiger partial charge in [0.2, 0.25) is 0 Å². The van der Waals surface area contributed by atoms with Gasteiger partial charge in [0, 0.05) is 36.8 Å². The topological polar surface area (TPSA) is 118 Å². The number of rotatable bonds is 9. The molecule has 2 aromatic rings. The maximum absolute atomic E-state index is 13.2. The van der Waals surface area contributed by atoms with Gasteiger partial charge in [0.15, 0.2) is 0 Å². The second-order valence-corrected chi connectivity index (χ2v) is 9.26. The van der Waals surface area contributed by atoms with Gasteiger partial charge in [-0.1, -0.05) is 6.58 Å². The molecule has 1 aromatic heterocycles. The molecule has 0 bridgehead atoms. The van der Waals surface area contributed by atoms with Crippen molar-refractivity contribution in [3.63, 3.8) is 0 Å². The largest absolute Gasteiger partial charge is 0.478 e. The minimum atomic E-state index is -1.09. The number of aliphatic carboxylic acids is 1. The number of piperidine rings is 1. The Morgan fingerprint density at radius 1 is 1.25 bits per heavy atom. The van der Waals surface area contributed by atoms with E-state index in [1.54, 1.807) is 13.1 Å². The molecule has 0 atom stereocenters. The number of hydrogen-bond donors (Lipinski definition) is 4. The maximum Gasteiger partial charge on any atom is 0.328 e. The third kappa shape index (κ3) is 6.50. The lowest BCUT2D eigenvalue weighted by molar-refractivity contribution is -0.131. The van der Waals surface area contributed by atoms with Crippen LogP contribution in [0.3, 0.4) is 0 Å². The molecule has 0 aliphatic carbocycles. The quantitative estimate of drug-likeness (QED) is 0.313. The lowest BCUT2D eigenvalue weighted by atomic mass is 10.0. The predicted octanol–water partition coefficient (Wildman–Crippen LogP) is 2.71. The zero-order chi connectivity index (χ0) is 26.4. The highest BCUT2D eigenvalue weighted by Gasteiger charge is 2.22. The van der Waals surface area contributed by atoms with Crippen LogP contribution in [0.1, 0.15) is 28.8 Å². The first-order valence-corrected chi connectivity index (χ1v) is 11.9. The van der Waals surface area contributed by atoms with Crippen molar-refractivity contribution in [1.29, 1.82) is 0 Å². The Bertz CT molecular complexity index is 1270. The molecule has 1 saturated heterocycles. The van der Waals surface area contributed by atoms with E-state index in [1.807, 2.05) is 26.1 Å². The standard InChI is InChI=1S/C27H35N5O4/c1-6-22(18(7-8-24(33)34)16-32(5)20-9-11-31(4)12-10-20)29-26(35)21-15-19-13-17(2)14-23(28-3)25(19)30-27(21)36/h6-8,13-15,20,28H,1,9-12,16H2,2-5H3,(H,29,35)(H,30,36)(H,33,34)/b8-7+,22-18-. The highest BCUT2D eigenvalue weighted by atomic mass is 16.4. The summed E-state index contributed by atoms with van der Waals surface area (Å²) in [5.74, 6) is -1.69. The minimum Gasteiger partial charge on any atom is -0.478 e. The summed E-state index contributed by atoms with van der Waals surface area (Å²) in [7, 11) is 5.85. The Balaban J connectivity index is 1.93. The van der Waals surface area contributed by atoms with Crippen molar-refractivity contribution < 1.29 is 14.7 Å². The predicted molar refractivity (Wildman–Crippen MR) is 143 cm³/mol. The number of likely N-dealkylation sites (N-methyl/N-ethyl adjacent to an activating group) is 1. The molecule has 0 unspecified atom stereocenters. The highest BCUT2D eigenvalue weighted by molar-refractivity contribution is 6.00. The van der Waals surface area contributed by atoms with Crippen LogP contribution in [-0.4, -0.2) is 78.6 Å². The molecule has 9 heteroatoms. The van der Waals surface area contributed by atoms with Gasteiger partial charge >= 0.3 is 5.97 Å². The fourth-order valence-electron chi connectivity index (χ4n) is 4.52. The molecule has 1 amide bonds. The molecular formula is C27H35N5O4. The van der Waals surface area contributed by atoms with Gasteiger partial charge in [-0.25, -0.2) is 4.79 Å². The monoisotopic (exact) mass is 493 g/mol. The third-order valence-corrected chi connectivity index (χ3v) is 6.57. The molecular weight excluding hydrogens is 458 g/mol. The third-order valence-electron chi connectivity index (χ3n) is 6.57. The average Bonchev–Trinajstić information content (AvgIpc) is 2.84. The van der Waals surface area contributed by atoms with Crippen LogP contribution in [0.4, 0.5) is 5.69 Å². The Labute approximate surface area is 211 Å². The highest BCUT2D eigenvalue weighted by Crippen LogP contribution is 2.23. The number of carbonyl (C=O) groups is 2. The van der Waals surface area contributed by atoms with E-state index >= 15 is 0 Å². The van der Waals surface area contributed by atoms with Crippen molar-refractivity contribution >= 4 is 28.5 Å². The SMILES string of the molecule is C=C/C(NC(=O)c1cc2cc(C)cc(NC)c2[nH]c1=O)=C(\C=C\C(=O)O)CN(C)C1CCN(C)CC1. The number of pyridine rings is 1. The Hall–Kier alpha value is -3.69. The number of likely N-dealkylation sites (tertiary alicyclic amines) is 1. The molecule has 0 saturated carbocycles. The van der Waals surface area contributed by atoms with E-state index in [9.17, 15) is 19.5 Å². The van der Waals surface area contributed by atoms with Gasteiger partial charge in [0.1, 0.15) is 5.56 Å². The fraction of sp³-hybridized carbons (Fsp3) is 0.370. The van der Waals surface area contributed by atoms with E-state index in [2.05, 4.69) is 39.0 Å². The Morgan fingerprint density at radius 2 is 1.94 bits per heavy atom. The maximum atomic E-state index is 13.2. The zero-order valence-electron chi connectivity index (χ0n) is 21.4. The van der Waals surface area contributed by atoms with Crippen LogP contribution in [0.5, 0.6) is 0 Å². The second-order valence-electron chi connectivity index (χ2n) is 9.26. The number of carboxylic acids is 1. The van der Waals surface area contributed by atoms with Crippen LogP contribution in [0.15, 0.2) is 59.1 Å². The smallest absolute Gasteiger partial charge is 0.328 e. The molecule has 1 fully saturated rings. The van der Waals surface area contributed by atoms with E-state index < -0.39 is 17.4 Å². The van der Waals surface area contributed by atoms with Crippen molar-refractivity contribution in [3.8, 4) is 0 Å². The number of H-pyrrole nitrogens is 1. The Kier molecular flexibility index (Phi) is 8.84. The summed E-state index contributed by atoms with van der Waals surface area (Å²) in [6.45, 7) is 8.15. The molecule has 36 heavy (non-hydrogen) atoms. The van der Waals surface area contributed by atoms with Crippen molar-refractivity contribution in [2.24, 2.45) is 0 Å². The van der Waals surface area contributed by atoms with Crippen LogP contribution < -0.4 is 16.2 Å². The summed E-state index contributed by atoms with van der Waals surface area (Å²) < 4.78 is 0. The molecule has 4 N–H and O–H groups in total. The van der Waals surface area contributed by atoms with Gasteiger partial charge in [-0.05, 0) is 88.4 Å². The number of carbonyl (C=O) groups excluding carboxylic acids is 1. The number of nitrogens with zero attached hydrogens (tertiary/aromatic N) is 2. The summed E-state index contributed by atoms with van der Waals surface area (Å²) in [6, 6.07) is 5.71. The number of amides is 1. The first kappa shape index (κ1) is 26.9. The number of anilines is 1. The van der Waals surface area contributed by atoms with E-state index in [0.29, 0.717) is 29.4 Å². The van der Waals surface area contributed by atoms with E-state index in [1.165, 1.54) is 12.2 Å². The van der Waals surface area contributed by atoms with Gasteiger partial charge in [0.05, 0.1) is 11.2 Å². The summed E-state index contributed by atoms with van der Waals surface area (Å²) in [5, 5.41) is 15.8. The molecule has 2 heterocycles. The van der Waals surface area contributed by atoms with E-state index in [0.717, 1.165) is 48.6 Å². The van der Waals surface area contributed by atoms with Gasteiger partial charge in [0.25, 0.3) is 11.5 Å². The molecule has 192 valence electrons. The van der Waals surface area contributed by atoms with E-state index in [-0.39, 0.29) is 5.56 Å². The van der Waals surface area contributed by atoms with Gasteiger partial charge < -0.3 is 25.6 Å². The first-order valence-electron chi connectivity index (χ1n) is 11.9. The summed E-state index contributed by atoms with van der Waals surface area (Å²) >= 11 is 0. The molecule has 3 rings (SSSR count). The summed E-state index contributed by atoms with van der Waals surface area (Å²) in [4.78, 5) is 44.5. The number of hydrogen-bond acceptors (Lipinski definition) is 6. The normalized spacial score (nSPS) is 15.8. The summed E-state index contributed by atoms with van der Waals surface area (Å²) in [5.41, 5.74) is 2.75. The second kappa shape index (κ2) is 11.8. The number of allylic oxidation sites excluding steroid dienone is 1.